The first-order chi connectivity index (χ1) is 6.31. The number of methoxy groups -OCH3 is 2. The molecule has 0 N–H and O–H groups in total. The summed E-state index contributed by atoms with van der Waals surface area (Å²) in [7, 11) is 3.18. The Hall–Kier alpha value is -1.53. The third-order valence-corrected chi connectivity index (χ3v) is 1.70. The quantitative estimate of drug-likeness (QED) is 0.705. The SMILES string of the molecule is COCc1ccc(C#N)c(OC)c1. The minimum absolute atomic E-state index is 0.530. The monoisotopic (exact) mass is 177 g/mol. The zero-order valence-corrected chi connectivity index (χ0v) is 7.70. The molecule has 0 fully saturated rings. The molecule has 13 heavy (non-hydrogen) atoms. The molecule has 0 amide bonds. The van der Waals surface area contributed by atoms with Gasteiger partial charge in [-0.1, -0.05) is 6.07 Å². The molecule has 0 atom stereocenters. The first-order valence-corrected chi connectivity index (χ1v) is 3.87. The Balaban J connectivity index is 3.00. The molecule has 1 aromatic carbocycles. The number of nitrogens with zero attached hydrogens (tertiary/aromatic N) is 1. The van der Waals surface area contributed by atoms with Crippen molar-refractivity contribution in [2.75, 3.05) is 14.2 Å². The summed E-state index contributed by atoms with van der Waals surface area (Å²) < 4.78 is 10.0. The smallest absolute Gasteiger partial charge is 0.136 e. The standard InChI is InChI=1S/C10H11NO2/c1-12-7-8-3-4-9(6-11)10(5-8)13-2/h3-5H,7H2,1-2H3. The highest BCUT2D eigenvalue weighted by molar-refractivity contribution is 5.45. The van der Waals surface area contributed by atoms with Gasteiger partial charge >= 0.3 is 0 Å². The van der Waals surface area contributed by atoms with E-state index in [0.717, 1.165) is 5.56 Å². The van der Waals surface area contributed by atoms with Crippen LogP contribution in [0.2, 0.25) is 0 Å². The maximum absolute atomic E-state index is 8.71. The molecule has 3 heteroatoms. The van der Waals surface area contributed by atoms with Crippen molar-refractivity contribution in [3.05, 3.63) is 29.3 Å². The lowest BCUT2D eigenvalue weighted by Crippen LogP contribution is -1.92. The predicted octanol–water partition coefficient (Wildman–Crippen LogP) is 1.71. The molecule has 68 valence electrons. The molecule has 0 heterocycles. The van der Waals surface area contributed by atoms with Gasteiger partial charge in [-0.25, -0.2) is 0 Å². The van der Waals surface area contributed by atoms with Crippen molar-refractivity contribution in [2.45, 2.75) is 6.61 Å². The maximum Gasteiger partial charge on any atom is 0.136 e. The van der Waals surface area contributed by atoms with E-state index >= 15 is 0 Å². The molecule has 0 radical (unpaired) electrons. The van der Waals surface area contributed by atoms with Crippen LogP contribution in [0.25, 0.3) is 0 Å². The third kappa shape index (κ3) is 2.20. The molecule has 0 aliphatic rings. The van der Waals surface area contributed by atoms with E-state index in [1.165, 1.54) is 0 Å². The highest BCUT2D eigenvalue weighted by Crippen LogP contribution is 2.19. The fraction of sp³-hybridized carbons (Fsp3) is 0.300. The van der Waals surface area contributed by atoms with Gasteiger partial charge in [-0.15, -0.1) is 0 Å². The van der Waals surface area contributed by atoms with E-state index in [1.54, 1.807) is 20.3 Å². The van der Waals surface area contributed by atoms with Gasteiger partial charge in [-0.05, 0) is 17.7 Å². The van der Waals surface area contributed by atoms with Gasteiger partial charge in [0.15, 0.2) is 0 Å². The van der Waals surface area contributed by atoms with Crippen LogP contribution in [0.1, 0.15) is 11.1 Å². The van der Waals surface area contributed by atoms with Crippen LogP contribution >= 0.6 is 0 Å². The van der Waals surface area contributed by atoms with Gasteiger partial charge in [-0.2, -0.15) is 5.26 Å². The van der Waals surface area contributed by atoms with Gasteiger partial charge in [0.1, 0.15) is 11.8 Å². The van der Waals surface area contributed by atoms with Gasteiger partial charge < -0.3 is 9.47 Å². The molecule has 0 saturated heterocycles. The van der Waals surface area contributed by atoms with E-state index in [1.807, 2.05) is 18.2 Å². The summed E-state index contributed by atoms with van der Waals surface area (Å²) in [6, 6.07) is 7.44. The number of benzene rings is 1. The normalized spacial score (nSPS) is 9.31. The average molecular weight is 177 g/mol. The molecule has 0 spiro atoms. The lowest BCUT2D eigenvalue weighted by atomic mass is 10.1. The second kappa shape index (κ2) is 4.48. The van der Waals surface area contributed by atoms with Crippen LogP contribution in [0.4, 0.5) is 0 Å². The summed E-state index contributed by atoms with van der Waals surface area (Å²) in [5.41, 5.74) is 1.54. The van der Waals surface area contributed by atoms with Crippen LogP contribution in [0.15, 0.2) is 18.2 Å². The van der Waals surface area contributed by atoms with Gasteiger partial charge in [-0.3, -0.25) is 0 Å². The van der Waals surface area contributed by atoms with Crippen molar-refractivity contribution in [2.24, 2.45) is 0 Å². The van der Waals surface area contributed by atoms with E-state index in [-0.39, 0.29) is 0 Å². The molecule has 0 aliphatic heterocycles. The zero-order chi connectivity index (χ0) is 9.68. The minimum Gasteiger partial charge on any atom is -0.495 e. The first-order valence-electron chi connectivity index (χ1n) is 3.87. The Morgan fingerprint density at radius 3 is 2.69 bits per heavy atom. The first kappa shape index (κ1) is 9.56. The summed E-state index contributed by atoms with van der Waals surface area (Å²) in [4.78, 5) is 0. The fourth-order valence-electron chi connectivity index (χ4n) is 1.08. The largest absolute Gasteiger partial charge is 0.495 e. The summed E-state index contributed by atoms with van der Waals surface area (Å²) in [6.07, 6.45) is 0. The van der Waals surface area contributed by atoms with E-state index in [2.05, 4.69) is 0 Å². The molecule has 0 unspecified atom stereocenters. The Bertz CT molecular complexity index is 328. The van der Waals surface area contributed by atoms with Crippen LogP contribution in [0.5, 0.6) is 5.75 Å². The van der Waals surface area contributed by atoms with Crippen molar-refractivity contribution in [1.29, 1.82) is 5.26 Å². The van der Waals surface area contributed by atoms with Crippen LogP contribution in [-0.4, -0.2) is 14.2 Å². The number of hydrogen-bond acceptors (Lipinski definition) is 3. The second-order valence-electron chi connectivity index (χ2n) is 2.58. The zero-order valence-electron chi connectivity index (χ0n) is 7.70. The predicted molar refractivity (Wildman–Crippen MR) is 48.4 cm³/mol. The number of hydrogen-bond donors (Lipinski definition) is 0. The lowest BCUT2D eigenvalue weighted by Gasteiger charge is -2.04. The summed E-state index contributed by atoms with van der Waals surface area (Å²) in [6.45, 7) is 0.530. The van der Waals surface area contributed by atoms with Crippen LogP contribution in [0.3, 0.4) is 0 Å². The summed E-state index contributed by atoms with van der Waals surface area (Å²) in [5.74, 6) is 0.594. The van der Waals surface area contributed by atoms with Crippen molar-refractivity contribution in [1.82, 2.24) is 0 Å². The van der Waals surface area contributed by atoms with Crippen molar-refractivity contribution >= 4 is 0 Å². The highest BCUT2D eigenvalue weighted by Gasteiger charge is 2.02. The molecule has 0 bridgehead atoms. The van der Waals surface area contributed by atoms with Crippen molar-refractivity contribution in [3.8, 4) is 11.8 Å². The third-order valence-electron chi connectivity index (χ3n) is 1.70. The molecule has 0 aromatic heterocycles. The van der Waals surface area contributed by atoms with Gasteiger partial charge in [0.2, 0.25) is 0 Å². The average Bonchev–Trinajstić information content (AvgIpc) is 2.18. The van der Waals surface area contributed by atoms with E-state index in [9.17, 15) is 0 Å². The molecular weight excluding hydrogens is 166 g/mol. The molecule has 1 aromatic rings. The molecule has 1 rings (SSSR count). The lowest BCUT2D eigenvalue weighted by molar-refractivity contribution is 0.184. The Labute approximate surface area is 77.5 Å². The van der Waals surface area contributed by atoms with E-state index in [4.69, 9.17) is 14.7 Å². The van der Waals surface area contributed by atoms with E-state index < -0.39 is 0 Å². The number of rotatable bonds is 3. The van der Waals surface area contributed by atoms with Gasteiger partial charge in [0, 0.05) is 7.11 Å². The highest BCUT2D eigenvalue weighted by atomic mass is 16.5. The summed E-state index contributed by atoms with van der Waals surface area (Å²) >= 11 is 0. The van der Waals surface area contributed by atoms with Crippen molar-refractivity contribution in [3.63, 3.8) is 0 Å². The van der Waals surface area contributed by atoms with Crippen LogP contribution in [0, 0.1) is 11.3 Å². The summed E-state index contributed by atoms with van der Waals surface area (Å²) in [5, 5.41) is 8.71. The van der Waals surface area contributed by atoms with Crippen molar-refractivity contribution < 1.29 is 9.47 Å². The van der Waals surface area contributed by atoms with Gasteiger partial charge in [0.25, 0.3) is 0 Å². The minimum atomic E-state index is 0.530. The maximum atomic E-state index is 8.71. The Kier molecular flexibility index (Phi) is 3.30. The number of ether oxygens (including phenoxy) is 2. The van der Waals surface area contributed by atoms with Crippen LogP contribution < -0.4 is 4.74 Å². The van der Waals surface area contributed by atoms with Crippen LogP contribution in [-0.2, 0) is 11.3 Å². The second-order valence-corrected chi connectivity index (χ2v) is 2.58. The van der Waals surface area contributed by atoms with E-state index in [0.29, 0.717) is 17.9 Å². The Morgan fingerprint density at radius 1 is 1.38 bits per heavy atom. The Morgan fingerprint density at radius 2 is 2.15 bits per heavy atom. The number of nitriles is 1. The molecule has 0 saturated carbocycles. The molecule has 3 nitrogen and oxygen atoms in total. The van der Waals surface area contributed by atoms with Gasteiger partial charge in [0.05, 0.1) is 19.3 Å². The topological polar surface area (TPSA) is 42.2 Å². The molecular formula is C10H11NO2. The fourth-order valence-corrected chi connectivity index (χ4v) is 1.08. The molecule has 0 aliphatic carbocycles.